The van der Waals surface area contributed by atoms with Crippen LogP contribution < -0.4 is 5.46 Å². The van der Waals surface area contributed by atoms with Crippen LogP contribution in [-0.4, -0.2) is 26.9 Å². The van der Waals surface area contributed by atoms with Crippen molar-refractivity contribution in [2.24, 2.45) is 0 Å². The minimum atomic E-state index is -4.42. The topological polar surface area (TPSA) is 58.3 Å². The number of alkyl halides is 3. The van der Waals surface area contributed by atoms with Gasteiger partial charge in [-0.3, -0.25) is 4.68 Å². The lowest BCUT2D eigenvalue weighted by molar-refractivity contribution is -0.137. The molecule has 0 spiro atoms. The molecular weight excluding hydrogens is 260 g/mol. The smallest absolute Gasteiger partial charge is 0.423 e. The van der Waals surface area contributed by atoms with E-state index in [0.717, 1.165) is 17.1 Å². The highest BCUT2D eigenvalue weighted by Crippen LogP contribution is 2.28. The van der Waals surface area contributed by atoms with Gasteiger partial charge in [-0.05, 0) is 11.0 Å². The molecule has 1 heterocycles. The number of halogens is 3. The summed E-state index contributed by atoms with van der Waals surface area (Å²) in [7, 11) is -1.61. The summed E-state index contributed by atoms with van der Waals surface area (Å²) in [6.07, 6.45) is -2.76. The summed E-state index contributed by atoms with van der Waals surface area (Å²) in [4.78, 5) is 0. The fraction of sp³-hybridized carbons (Fsp3) is 0.182. The number of benzene rings is 1. The maximum atomic E-state index is 12.4. The minimum Gasteiger partial charge on any atom is -0.423 e. The second-order valence-corrected chi connectivity index (χ2v) is 4.04. The summed E-state index contributed by atoms with van der Waals surface area (Å²) < 4.78 is 38.3. The summed E-state index contributed by atoms with van der Waals surface area (Å²) in [6, 6.07) is 6.27. The van der Waals surface area contributed by atoms with Crippen molar-refractivity contribution in [2.45, 2.75) is 12.7 Å². The molecule has 0 aliphatic rings. The van der Waals surface area contributed by atoms with E-state index in [0.29, 0.717) is 5.56 Å². The fourth-order valence-electron chi connectivity index (χ4n) is 1.64. The Morgan fingerprint density at radius 1 is 1.26 bits per heavy atom. The molecule has 2 rings (SSSR count). The van der Waals surface area contributed by atoms with Gasteiger partial charge in [-0.25, -0.2) is 0 Å². The molecule has 0 bridgehead atoms. The molecule has 0 saturated carbocycles. The van der Waals surface area contributed by atoms with Crippen molar-refractivity contribution in [1.82, 2.24) is 9.78 Å². The molecule has 4 nitrogen and oxygen atoms in total. The molecule has 100 valence electrons. The van der Waals surface area contributed by atoms with Gasteiger partial charge in [0.25, 0.3) is 0 Å². The molecule has 0 radical (unpaired) electrons. The van der Waals surface area contributed by atoms with Crippen LogP contribution >= 0.6 is 0 Å². The van der Waals surface area contributed by atoms with Gasteiger partial charge in [0.15, 0.2) is 0 Å². The van der Waals surface area contributed by atoms with Crippen LogP contribution in [0.5, 0.6) is 0 Å². The molecule has 0 amide bonds. The Labute approximate surface area is 107 Å². The standard InChI is InChI=1S/C11H10BF3N2O2/c13-11(14,15)9-5-16-17(7-9)6-8-2-1-3-10(4-8)12(18)19/h1-5,7,18-19H,6H2. The first kappa shape index (κ1) is 13.6. The molecule has 0 aliphatic carbocycles. The molecule has 0 unspecified atom stereocenters. The zero-order chi connectivity index (χ0) is 14.0. The third kappa shape index (κ3) is 3.36. The molecule has 8 heteroatoms. The lowest BCUT2D eigenvalue weighted by Crippen LogP contribution is -2.30. The van der Waals surface area contributed by atoms with Gasteiger partial charge in [0.2, 0.25) is 0 Å². The van der Waals surface area contributed by atoms with Crippen LogP contribution in [0.2, 0.25) is 0 Å². The molecule has 0 aliphatic heterocycles. The van der Waals surface area contributed by atoms with Gasteiger partial charge in [-0.15, -0.1) is 0 Å². The van der Waals surface area contributed by atoms with Crippen LogP contribution in [0.15, 0.2) is 36.7 Å². The number of hydrogen-bond donors (Lipinski definition) is 2. The Morgan fingerprint density at radius 3 is 2.58 bits per heavy atom. The lowest BCUT2D eigenvalue weighted by Gasteiger charge is -2.05. The minimum absolute atomic E-state index is 0.122. The largest absolute Gasteiger partial charge is 0.488 e. The van der Waals surface area contributed by atoms with Gasteiger partial charge in [0.1, 0.15) is 0 Å². The number of rotatable bonds is 3. The predicted molar refractivity (Wildman–Crippen MR) is 62.6 cm³/mol. The normalized spacial score (nSPS) is 11.6. The van der Waals surface area contributed by atoms with Crippen LogP contribution in [0.25, 0.3) is 0 Å². The number of nitrogens with zero attached hydrogens (tertiary/aromatic N) is 2. The lowest BCUT2D eigenvalue weighted by atomic mass is 9.80. The van der Waals surface area contributed by atoms with Gasteiger partial charge in [0.05, 0.1) is 18.3 Å². The zero-order valence-corrected chi connectivity index (χ0v) is 9.67. The van der Waals surface area contributed by atoms with E-state index in [-0.39, 0.29) is 12.0 Å². The quantitative estimate of drug-likeness (QED) is 0.804. The van der Waals surface area contributed by atoms with E-state index in [9.17, 15) is 13.2 Å². The third-order valence-corrected chi connectivity index (χ3v) is 2.55. The summed E-state index contributed by atoms with van der Waals surface area (Å²) in [6.45, 7) is 0.122. The maximum absolute atomic E-state index is 12.4. The van der Waals surface area contributed by atoms with Crippen molar-refractivity contribution >= 4 is 12.6 Å². The average Bonchev–Trinajstić information content (AvgIpc) is 2.77. The predicted octanol–water partition coefficient (Wildman–Crippen LogP) is 0.630. The molecule has 2 aromatic rings. The van der Waals surface area contributed by atoms with Crippen LogP contribution in [0, 0.1) is 0 Å². The molecule has 0 atom stereocenters. The first-order valence-electron chi connectivity index (χ1n) is 5.41. The molecule has 1 aromatic heterocycles. The highest BCUT2D eigenvalue weighted by molar-refractivity contribution is 6.58. The Bertz CT molecular complexity index is 569. The van der Waals surface area contributed by atoms with Crippen molar-refractivity contribution in [2.75, 3.05) is 0 Å². The number of aromatic nitrogens is 2. The monoisotopic (exact) mass is 270 g/mol. The van der Waals surface area contributed by atoms with E-state index >= 15 is 0 Å². The Hall–Kier alpha value is -1.80. The average molecular weight is 270 g/mol. The SMILES string of the molecule is OB(O)c1cccc(Cn2cc(C(F)(F)F)cn2)c1. The van der Waals surface area contributed by atoms with Crippen molar-refractivity contribution in [3.8, 4) is 0 Å². The van der Waals surface area contributed by atoms with E-state index in [2.05, 4.69) is 5.10 Å². The number of hydrogen-bond acceptors (Lipinski definition) is 3. The molecule has 1 aromatic carbocycles. The van der Waals surface area contributed by atoms with Crippen LogP contribution in [-0.2, 0) is 12.7 Å². The molecule has 19 heavy (non-hydrogen) atoms. The maximum Gasteiger partial charge on any atom is 0.488 e. The third-order valence-electron chi connectivity index (χ3n) is 2.55. The Morgan fingerprint density at radius 2 is 2.00 bits per heavy atom. The highest BCUT2D eigenvalue weighted by atomic mass is 19.4. The highest BCUT2D eigenvalue weighted by Gasteiger charge is 2.32. The second kappa shape index (κ2) is 5.06. The second-order valence-electron chi connectivity index (χ2n) is 4.04. The summed E-state index contributed by atoms with van der Waals surface area (Å²) in [5.41, 5.74) is 0.0916. The van der Waals surface area contributed by atoms with Crippen molar-refractivity contribution in [1.29, 1.82) is 0 Å². The summed E-state index contributed by atoms with van der Waals surface area (Å²) >= 11 is 0. The van der Waals surface area contributed by atoms with Gasteiger partial charge in [-0.1, -0.05) is 24.3 Å². The molecule has 0 fully saturated rings. The summed E-state index contributed by atoms with van der Waals surface area (Å²) in [5, 5.41) is 21.6. The van der Waals surface area contributed by atoms with Crippen molar-refractivity contribution in [3.63, 3.8) is 0 Å². The van der Waals surface area contributed by atoms with E-state index in [1.807, 2.05) is 0 Å². The molecular formula is C11H10BF3N2O2. The zero-order valence-electron chi connectivity index (χ0n) is 9.67. The van der Waals surface area contributed by atoms with Crippen molar-refractivity contribution < 1.29 is 23.2 Å². The van der Waals surface area contributed by atoms with E-state index in [1.54, 1.807) is 12.1 Å². The van der Waals surface area contributed by atoms with Crippen LogP contribution in [0.3, 0.4) is 0 Å². The Balaban J connectivity index is 2.17. The molecule has 0 saturated heterocycles. The first-order valence-corrected chi connectivity index (χ1v) is 5.41. The van der Waals surface area contributed by atoms with Crippen molar-refractivity contribution in [3.05, 3.63) is 47.8 Å². The van der Waals surface area contributed by atoms with E-state index in [4.69, 9.17) is 10.0 Å². The summed E-state index contributed by atoms with van der Waals surface area (Å²) in [5.74, 6) is 0. The van der Waals surface area contributed by atoms with Gasteiger partial charge >= 0.3 is 13.3 Å². The Kier molecular flexibility index (Phi) is 3.63. The van der Waals surface area contributed by atoms with E-state index < -0.39 is 18.9 Å². The van der Waals surface area contributed by atoms with Gasteiger partial charge in [-0.2, -0.15) is 18.3 Å². The molecule has 2 N–H and O–H groups in total. The van der Waals surface area contributed by atoms with E-state index in [1.165, 1.54) is 12.1 Å². The fourth-order valence-corrected chi connectivity index (χ4v) is 1.64. The van der Waals surface area contributed by atoms with Gasteiger partial charge in [0, 0.05) is 6.20 Å². The van der Waals surface area contributed by atoms with Gasteiger partial charge < -0.3 is 10.0 Å². The van der Waals surface area contributed by atoms with Crippen LogP contribution in [0.1, 0.15) is 11.1 Å². The first-order chi connectivity index (χ1) is 8.86. The van der Waals surface area contributed by atoms with Crippen LogP contribution in [0.4, 0.5) is 13.2 Å².